The number of halogens is 2. The summed E-state index contributed by atoms with van der Waals surface area (Å²) in [5.74, 6) is -3.81. The number of rotatable bonds is 3. The van der Waals surface area contributed by atoms with E-state index in [0.29, 0.717) is 35.4 Å². The van der Waals surface area contributed by atoms with Gasteiger partial charge in [0.25, 0.3) is 5.76 Å². The lowest BCUT2D eigenvalue weighted by Gasteiger charge is -2.19. The highest BCUT2D eigenvalue weighted by Gasteiger charge is 2.22. The van der Waals surface area contributed by atoms with Crippen LogP contribution in [0.5, 0.6) is 0 Å². The van der Waals surface area contributed by atoms with E-state index in [1.165, 1.54) is 12.1 Å². The van der Waals surface area contributed by atoms with Crippen molar-refractivity contribution in [2.45, 2.75) is 36.3 Å². The highest BCUT2D eigenvalue weighted by Crippen LogP contribution is 2.27. The van der Waals surface area contributed by atoms with Gasteiger partial charge in [0.1, 0.15) is 0 Å². The first-order valence-corrected chi connectivity index (χ1v) is 8.09. The number of hydrogen-bond acceptors (Lipinski definition) is 3. The van der Waals surface area contributed by atoms with Crippen molar-refractivity contribution < 1.29 is 18.4 Å². The first-order chi connectivity index (χ1) is 10.6. The summed E-state index contributed by atoms with van der Waals surface area (Å²) in [6.45, 7) is 1.18. The van der Waals surface area contributed by atoms with Crippen molar-refractivity contribution in [2.75, 3.05) is 18.4 Å². The van der Waals surface area contributed by atoms with Crippen LogP contribution in [0.2, 0.25) is 0 Å². The van der Waals surface area contributed by atoms with Crippen molar-refractivity contribution in [3.8, 4) is 0 Å². The monoisotopic (exact) mass is 328 g/mol. The Bertz CT molecular complexity index is 532. The third-order valence-electron chi connectivity index (χ3n) is 3.40. The summed E-state index contributed by atoms with van der Waals surface area (Å²) in [6, 6.07) is 6.10. The van der Waals surface area contributed by atoms with Crippen molar-refractivity contribution >= 4 is 29.3 Å². The van der Waals surface area contributed by atoms with Gasteiger partial charge in [-0.15, -0.1) is 0 Å². The van der Waals surface area contributed by atoms with Crippen molar-refractivity contribution in [3.63, 3.8) is 0 Å². The topological polar surface area (TPSA) is 49.4 Å². The second kappa shape index (κ2) is 8.12. The highest BCUT2D eigenvalue weighted by molar-refractivity contribution is 7.99. The number of benzene rings is 1. The number of anilines is 1. The van der Waals surface area contributed by atoms with Gasteiger partial charge in [-0.3, -0.25) is 9.59 Å². The summed E-state index contributed by atoms with van der Waals surface area (Å²) in [7, 11) is 0. The van der Waals surface area contributed by atoms with Gasteiger partial charge in [-0.1, -0.05) is 30.7 Å². The minimum Gasteiger partial charge on any atom is -0.334 e. The molecular weight excluding hydrogens is 310 g/mol. The van der Waals surface area contributed by atoms with Crippen LogP contribution in [-0.2, 0) is 9.59 Å². The fourth-order valence-corrected chi connectivity index (χ4v) is 2.91. The normalized spacial score (nSPS) is 15.5. The number of carbonyl (C=O) groups is 2. The lowest BCUT2D eigenvalue weighted by molar-refractivity contribution is -0.143. The number of nitrogens with one attached hydrogen (secondary N) is 1. The lowest BCUT2D eigenvalue weighted by atomic mass is 10.2. The van der Waals surface area contributed by atoms with Crippen LogP contribution in [0.15, 0.2) is 29.2 Å². The molecule has 1 fully saturated rings. The molecule has 22 heavy (non-hydrogen) atoms. The van der Waals surface area contributed by atoms with Gasteiger partial charge in [-0.05, 0) is 31.0 Å². The van der Waals surface area contributed by atoms with Crippen LogP contribution in [0.4, 0.5) is 14.5 Å². The molecule has 0 radical (unpaired) electrons. The Labute approximate surface area is 132 Å². The Morgan fingerprint density at radius 2 is 1.82 bits per heavy atom. The molecule has 0 aromatic heterocycles. The maximum Gasteiger partial charge on any atom is 0.313 e. The summed E-state index contributed by atoms with van der Waals surface area (Å²) < 4.78 is 24.7. The van der Waals surface area contributed by atoms with Crippen LogP contribution >= 0.6 is 11.8 Å². The maximum atomic E-state index is 12.3. The van der Waals surface area contributed by atoms with E-state index in [0.717, 1.165) is 25.7 Å². The van der Waals surface area contributed by atoms with Crippen LogP contribution in [0.25, 0.3) is 0 Å². The summed E-state index contributed by atoms with van der Waals surface area (Å²) in [5.41, 5.74) is 0.346. The number of carbonyl (C=O) groups excluding carboxylic acids is 2. The minimum atomic E-state index is -2.52. The second-order valence-corrected chi connectivity index (χ2v) is 6.13. The van der Waals surface area contributed by atoms with Crippen molar-refractivity contribution in [1.82, 2.24) is 4.90 Å². The number of hydrogen-bond donors (Lipinski definition) is 1. The summed E-state index contributed by atoms with van der Waals surface area (Å²) >= 11 is 0.399. The fourth-order valence-electron chi connectivity index (χ4n) is 2.35. The number of likely N-dealkylation sites (tertiary alicyclic amines) is 1. The zero-order chi connectivity index (χ0) is 15.9. The molecule has 4 nitrogen and oxygen atoms in total. The Morgan fingerprint density at radius 3 is 2.45 bits per heavy atom. The summed E-state index contributed by atoms with van der Waals surface area (Å²) in [4.78, 5) is 26.0. The van der Waals surface area contributed by atoms with E-state index in [9.17, 15) is 18.4 Å². The quantitative estimate of drug-likeness (QED) is 0.684. The summed E-state index contributed by atoms with van der Waals surface area (Å²) in [6.07, 6.45) is 3.94. The van der Waals surface area contributed by atoms with Gasteiger partial charge in [0.15, 0.2) is 0 Å². The molecule has 1 aliphatic heterocycles. The second-order valence-electron chi connectivity index (χ2n) is 5.07. The molecule has 0 spiro atoms. The van der Waals surface area contributed by atoms with Crippen LogP contribution < -0.4 is 5.32 Å². The molecule has 0 bridgehead atoms. The van der Waals surface area contributed by atoms with Crippen molar-refractivity contribution in [2.24, 2.45) is 0 Å². The predicted octanol–water partition coefficient (Wildman–Crippen LogP) is 3.34. The van der Waals surface area contributed by atoms with Gasteiger partial charge in [0.2, 0.25) is 0 Å². The predicted molar refractivity (Wildman–Crippen MR) is 82.0 cm³/mol. The average molecular weight is 328 g/mol. The standard InChI is InChI=1S/C15H18F2N2O2S/c16-15(17)22-12-7-5-6-11(10-12)18-13(20)14(21)19-8-3-1-2-4-9-19/h5-7,10,15H,1-4,8-9H2,(H,18,20). The smallest absolute Gasteiger partial charge is 0.313 e. The van der Waals surface area contributed by atoms with E-state index < -0.39 is 17.6 Å². The molecule has 1 saturated heterocycles. The van der Waals surface area contributed by atoms with Gasteiger partial charge in [0, 0.05) is 23.7 Å². The van der Waals surface area contributed by atoms with Gasteiger partial charge in [-0.2, -0.15) is 8.78 Å². The van der Waals surface area contributed by atoms with E-state index in [2.05, 4.69) is 5.32 Å². The first-order valence-electron chi connectivity index (χ1n) is 7.21. The SMILES string of the molecule is O=C(Nc1cccc(SC(F)F)c1)C(=O)N1CCCCCC1. The summed E-state index contributed by atoms with van der Waals surface area (Å²) in [5, 5.41) is 2.48. The van der Waals surface area contributed by atoms with Crippen LogP contribution in [0.3, 0.4) is 0 Å². The molecule has 2 rings (SSSR count). The Balaban J connectivity index is 1.97. The first kappa shape index (κ1) is 16.7. The number of thioether (sulfide) groups is 1. The number of alkyl halides is 2. The Kier molecular flexibility index (Phi) is 6.18. The molecule has 2 amide bonds. The average Bonchev–Trinajstić information content (AvgIpc) is 2.75. The number of amides is 2. The molecule has 1 aromatic carbocycles. The van der Waals surface area contributed by atoms with Crippen molar-refractivity contribution in [1.29, 1.82) is 0 Å². The van der Waals surface area contributed by atoms with Gasteiger partial charge in [0.05, 0.1) is 0 Å². The van der Waals surface area contributed by atoms with E-state index in [4.69, 9.17) is 0 Å². The third kappa shape index (κ3) is 4.98. The van der Waals surface area contributed by atoms with E-state index in [1.807, 2.05) is 0 Å². The molecule has 1 N–H and O–H groups in total. The molecular formula is C15H18F2N2O2S. The molecule has 0 saturated carbocycles. The molecule has 1 aromatic rings. The van der Waals surface area contributed by atoms with E-state index in [-0.39, 0.29) is 0 Å². The van der Waals surface area contributed by atoms with E-state index in [1.54, 1.807) is 17.0 Å². The molecule has 0 unspecified atom stereocenters. The molecule has 120 valence electrons. The lowest BCUT2D eigenvalue weighted by Crippen LogP contribution is -2.40. The number of nitrogens with zero attached hydrogens (tertiary/aromatic N) is 1. The molecule has 7 heteroatoms. The van der Waals surface area contributed by atoms with E-state index >= 15 is 0 Å². The molecule has 0 atom stereocenters. The molecule has 1 aliphatic rings. The minimum absolute atomic E-state index is 0.343. The third-order valence-corrected chi connectivity index (χ3v) is 4.11. The maximum absolute atomic E-state index is 12.3. The van der Waals surface area contributed by atoms with Crippen LogP contribution in [0, 0.1) is 0 Å². The van der Waals surface area contributed by atoms with Crippen molar-refractivity contribution in [3.05, 3.63) is 24.3 Å². The van der Waals surface area contributed by atoms with Gasteiger partial charge in [-0.25, -0.2) is 0 Å². The van der Waals surface area contributed by atoms with Gasteiger partial charge >= 0.3 is 11.8 Å². The zero-order valence-electron chi connectivity index (χ0n) is 12.1. The fraction of sp³-hybridized carbons (Fsp3) is 0.467. The largest absolute Gasteiger partial charge is 0.334 e. The zero-order valence-corrected chi connectivity index (χ0v) is 12.9. The Morgan fingerprint density at radius 1 is 1.14 bits per heavy atom. The Hall–Kier alpha value is -1.63. The van der Waals surface area contributed by atoms with Crippen LogP contribution in [-0.4, -0.2) is 35.6 Å². The molecule has 0 aliphatic carbocycles. The van der Waals surface area contributed by atoms with Gasteiger partial charge < -0.3 is 10.2 Å². The molecule has 1 heterocycles. The highest BCUT2D eigenvalue weighted by atomic mass is 32.2. The van der Waals surface area contributed by atoms with Crippen LogP contribution in [0.1, 0.15) is 25.7 Å².